The summed E-state index contributed by atoms with van der Waals surface area (Å²) < 4.78 is 5.68. The van der Waals surface area contributed by atoms with Gasteiger partial charge in [-0.2, -0.15) is 0 Å². The van der Waals surface area contributed by atoms with Crippen LogP contribution in [0.1, 0.15) is 52.4 Å². The maximum Gasteiger partial charge on any atom is 0.0561 e. The molecule has 2 aliphatic heterocycles. The summed E-state index contributed by atoms with van der Waals surface area (Å²) in [5.41, 5.74) is 0. The molecule has 0 saturated carbocycles. The van der Waals surface area contributed by atoms with Crippen molar-refractivity contribution in [3.05, 3.63) is 0 Å². The predicted molar refractivity (Wildman–Crippen MR) is 75.9 cm³/mol. The summed E-state index contributed by atoms with van der Waals surface area (Å²) in [6.45, 7) is 9.17. The Balaban J connectivity index is 1.85. The van der Waals surface area contributed by atoms with Gasteiger partial charge in [-0.3, -0.25) is 4.90 Å². The standard InChI is InChI=1S/C15H30N2O/c1-3-9-17(12-14-6-4-5-8-16-14)15-7-10-18-13(2)11-15/h13-16H,3-12H2,1-2H3. The van der Waals surface area contributed by atoms with Crippen LogP contribution in [0.3, 0.4) is 0 Å². The lowest BCUT2D eigenvalue weighted by Gasteiger charge is -2.39. The Morgan fingerprint density at radius 2 is 2.17 bits per heavy atom. The molecule has 2 rings (SSSR count). The molecular weight excluding hydrogens is 224 g/mol. The molecule has 106 valence electrons. The monoisotopic (exact) mass is 254 g/mol. The minimum Gasteiger partial charge on any atom is -0.378 e. The number of nitrogens with zero attached hydrogens (tertiary/aromatic N) is 1. The van der Waals surface area contributed by atoms with E-state index in [1.807, 2.05) is 0 Å². The Labute approximate surface area is 112 Å². The lowest BCUT2D eigenvalue weighted by Crippen LogP contribution is -2.49. The average molecular weight is 254 g/mol. The summed E-state index contributed by atoms with van der Waals surface area (Å²) in [5.74, 6) is 0. The van der Waals surface area contributed by atoms with Gasteiger partial charge < -0.3 is 10.1 Å². The van der Waals surface area contributed by atoms with Crippen molar-refractivity contribution in [3.63, 3.8) is 0 Å². The van der Waals surface area contributed by atoms with Crippen molar-refractivity contribution in [3.8, 4) is 0 Å². The number of ether oxygens (including phenoxy) is 1. The number of rotatable bonds is 5. The van der Waals surface area contributed by atoms with E-state index in [9.17, 15) is 0 Å². The van der Waals surface area contributed by atoms with E-state index in [2.05, 4.69) is 24.1 Å². The van der Waals surface area contributed by atoms with Crippen LogP contribution in [0.25, 0.3) is 0 Å². The van der Waals surface area contributed by atoms with Gasteiger partial charge in [-0.1, -0.05) is 13.3 Å². The van der Waals surface area contributed by atoms with Crippen LogP contribution in [0.5, 0.6) is 0 Å². The van der Waals surface area contributed by atoms with Gasteiger partial charge in [0.25, 0.3) is 0 Å². The van der Waals surface area contributed by atoms with Crippen molar-refractivity contribution in [2.75, 3.05) is 26.2 Å². The van der Waals surface area contributed by atoms with E-state index in [1.54, 1.807) is 0 Å². The zero-order valence-corrected chi connectivity index (χ0v) is 12.2. The van der Waals surface area contributed by atoms with Crippen LogP contribution < -0.4 is 5.32 Å². The molecule has 2 fully saturated rings. The number of hydrogen-bond donors (Lipinski definition) is 1. The van der Waals surface area contributed by atoms with Crippen molar-refractivity contribution >= 4 is 0 Å². The van der Waals surface area contributed by atoms with Crippen LogP contribution in [0.4, 0.5) is 0 Å². The molecule has 18 heavy (non-hydrogen) atoms. The number of hydrogen-bond acceptors (Lipinski definition) is 3. The molecule has 0 radical (unpaired) electrons. The summed E-state index contributed by atoms with van der Waals surface area (Å²) in [7, 11) is 0. The molecule has 0 bridgehead atoms. The van der Waals surface area contributed by atoms with Gasteiger partial charge in [-0.15, -0.1) is 0 Å². The van der Waals surface area contributed by atoms with Gasteiger partial charge in [0.2, 0.25) is 0 Å². The zero-order chi connectivity index (χ0) is 12.8. The molecule has 0 aliphatic carbocycles. The Bertz CT molecular complexity index is 229. The Kier molecular flexibility index (Phi) is 5.93. The topological polar surface area (TPSA) is 24.5 Å². The van der Waals surface area contributed by atoms with Gasteiger partial charge >= 0.3 is 0 Å². The van der Waals surface area contributed by atoms with Crippen molar-refractivity contribution < 1.29 is 4.74 Å². The van der Waals surface area contributed by atoms with Gasteiger partial charge in [0.15, 0.2) is 0 Å². The maximum absolute atomic E-state index is 5.68. The predicted octanol–water partition coefficient (Wildman–Crippen LogP) is 2.41. The highest BCUT2D eigenvalue weighted by Crippen LogP contribution is 2.21. The lowest BCUT2D eigenvalue weighted by atomic mass is 9.99. The van der Waals surface area contributed by atoms with Crippen LogP contribution in [-0.4, -0.2) is 49.3 Å². The first kappa shape index (κ1) is 14.3. The largest absolute Gasteiger partial charge is 0.378 e. The van der Waals surface area contributed by atoms with E-state index in [0.29, 0.717) is 6.10 Å². The molecule has 0 aromatic rings. The second kappa shape index (κ2) is 7.46. The Morgan fingerprint density at radius 3 is 2.83 bits per heavy atom. The molecule has 2 aliphatic rings. The number of nitrogens with one attached hydrogen (secondary N) is 1. The van der Waals surface area contributed by atoms with E-state index < -0.39 is 0 Å². The molecule has 1 N–H and O–H groups in total. The molecule has 0 spiro atoms. The second-order valence-electron chi connectivity index (χ2n) is 6.00. The van der Waals surface area contributed by atoms with E-state index >= 15 is 0 Å². The normalized spacial score (nSPS) is 33.8. The molecule has 0 amide bonds. The fourth-order valence-electron chi connectivity index (χ4n) is 3.38. The van der Waals surface area contributed by atoms with E-state index in [1.165, 1.54) is 58.2 Å². The van der Waals surface area contributed by atoms with Crippen LogP contribution in [-0.2, 0) is 4.74 Å². The SMILES string of the molecule is CCCN(CC1CCCCN1)C1CCOC(C)C1. The summed E-state index contributed by atoms with van der Waals surface area (Å²) in [6.07, 6.45) is 8.27. The lowest BCUT2D eigenvalue weighted by molar-refractivity contribution is -0.0198. The smallest absolute Gasteiger partial charge is 0.0561 e. The van der Waals surface area contributed by atoms with Gasteiger partial charge in [0.1, 0.15) is 0 Å². The van der Waals surface area contributed by atoms with E-state index in [4.69, 9.17) is 4.74 Å². The number of piperidine rings is 1. The first-order valence-electron chi connectivity index (χ1n) is 7.88. The third-order valence-corrected chi connectivity index (χ3v) is 4.35. The van der Waals surface area contributed by atoms with Crippen molar-refractivity contribution in [2.45, 2.75) is 70.6 Å². The third kappa shape index (κ3) is 4.22. The summed E-state index contributed by atoms with van der Waals surface area (Å²) in [6, 6.07) is 1.47. The third-order valence-electron chi connectivity index (χ3n) is 4.35. The molecule has 3 unspecified atom stereocenters. The van der Waals surface area contributed by atoms with Crippen molar-refractivity contribution in [2.24, 2.45) is 0 Å². The molecule has 3 heteroatoms. The minimum absolute atomic E-state index is 0.447. The molecule has 0 aromatic carbocycles. The molecular formula is C15H30N2O. The van der Waals surface area contributed by atoms with E-state index in [-0.39, 0.29) is 0 Å². The van der Waals surface area contributed by atoms with Crippen LogP contribution in [0.2, 0.25) is 0 Å². The van der Waals surface area contributed by atoms with Gasteiger partial charge in [0.05, 0.1) is 6.10 Å². The van der Waals surface area contributed by atoms with Gasteiger partial charge in [-0.05, 0) is 52.1 Å². The van der Waals surface area contributed by atoms with Crippen molar-refractivity contribution in [1.82, 2.24) is 10.2 Å². The van der Waals surface area contributed by atoms with Gasteiger partial charge in [0, 0.05) is 25.2 Å². The molecule has 2 heterocycles. The minimum atomic E-state index is 0.447. The summed E-state index contributed by atoms with van der Waals surface area (Å²) in [4.78, 5) is 2.72. The quantitative estimate of drug-likeness (QED) is 0.815. The maximum atomic E-state index is 5.68. The average Bonchev–Trinajstić information content (AvgIpc) is 2.39. The summed E-state index contributed by atoms with van der Waals surface area (Å²) >= 11 is 0. The van der Waals surface area contributed by atoms with Crippen LogP contribution in [0.15, 0.2) is 0 Å². The fraction of sp³-hybridized carbons (Fsp3) is 1.00. The Hall–Kier alpha value is -0.120. The van der Waals surface area contributed by atoms with E-state index in [0.717, 1.165) is 18.7 Å². The molecule has 3 nitrogen and oxygen atoms in total. The van der Waals surface area contributed by atoms with Gasteiger partial charge in [-0.25, -0.2) is 0 Å². The summed E-state index contributed by atoms with van der Waals surface area (Å²) in [5, 5.41) is 3.69. The first-order chi connectivity index (χ1) is 8.79. The Morgan fingerprint density at radius 1 is 1.28 bits per heavy atom. The zero-order valence-electron chi connectivity index (χ0n) is 12.2. The highest BCUT2D eigenvalue weighted by atomic mass is 16.5. The van der Waals surface area contributed by atoms with Crippen molar-refractivity contribution in [1.29, 1.82) is 0 Å². The van der Waals surface area contributed by atoms with Crippen LogP contribution in [0, 0.1) is 0 Å². The fourth-order valence-corrected chi connectivity index (χ4v) is 3.38. The highest BCUT2D eigenvalue weighted by molar-refractivity contribution is 4.83. The molecule has 0 aromatic heterocycles. The van der Waals surface area contributed by atoms with Crippen LogP contribution >= 0.6 is 0 Å². The molecule has 2 saturated heterocycles. The molecule has 3 atom stereocenters. The first-order valence-corrected chi connectivity index (χ1v) is 7.88. The second-order valence-corrected chi connectivity index (χ2v) is 6.00. The highest BCUT2D eigenvalue weighted by Gasteiger charge is 2.26.